The molecule has 3 rings (SSSR count). The molecule has 26 heavy (non-hydrogen) atoms. The summed E-state index contributed by atoms with van der Waals surface area (Å²) < 4.78 is 5.70. The minimum atomic E-state index is -0.265. The second-order valence-corrected chi connectivity index (χ2v) is 5.78. The molecule has 2 amide bonds. The van der Waals surface area contributed by atoms with Crippen molar-refractivity contribution in [3.63, 3.8) is 0 Å². The van der Waals surface area contributed by atoms with Gasteiger partial charge in [0.15, 0.2) is 0 Å². The number of pyridine rings is 2. The van der Waals surface area contributed by atoms with Crippen molar-refractivity contribution in [2.24, 2.45) is 0 Å². The SMILES string of the molecule is C[C@@H](NC(=O)Nc1ccc(OCc2cccnc2)cc1)c1ccncc1. The number of benzene rings is 1. The number of urea groups is 1. The van der Waals surface area contributed by atoms with Crippen LogP contribution in [0.2, 0.25) is 0 Å². The summed E-state index contributed by atoms with van der Waals surface area (Å²) >= 11 is 0. The highest BCUT2D eigenvalue weighted by molar-refractivity contribution is 5.89. The maximum Gasteiger partial charge on any atom is 0.319 e. The number of aromatic nitrogens is 2. The highest BCUT2D eigenvalue weighted by atomic mass is 16.5. The van der Waals surface area contributed by atoms with E-state index in [1.807, 2.05) is 43.3 Å². The van der Waals surface area contributed by atoms with Crippen LogP contribution in [0, 0.1) is 0 Å². The van der Waals surface area contributed by atoms with Crippen LogP contribution in [0.4, 0.5) is 10.5 Å². The maximum atomic E-state index is 12.1. The fourth-order valence-electron chi connectivity index (χ4n) is 2.38. The molecule has 0 spiro atoms. The molecular weight excluding hydrogens is 328 g/mol. The molecule has 1 aromatic carbocycles. The number of hydrogen-bond acceptors (Lipinski definition) is 4. The predicted octanol–water partition coefficient (Wildman–Crippen LogP) is 3.94. The number of carbonyl (C=O) groups is 1. The summed E-state index contributed by atoms with van der Waals surface area (Å²) in [5, 5.41) is 5.70. The van der Waals surface area contributed by atoms with Crippen molar-refractivity contribution in [3.8, 4) is 5.75 Å². The molecule has 0 bridgehead atoms. The average Bonchev–Trinajstić information content (AvgIpc) is 2.69. The van der Waals surface area contributed by atoms with Gasteiger partial charge in [0.05, 0.1) is 6.04 Å². The summed E-state index contributed by atoms with van der Waals surface area (Å²) in [6.07, 6.45) is 6.90. The molecule has 6 nitrogen and oxygen atoms in total. The minimum absolute atomic E-state index is 0.111. The zero-order chi connectivity index (χ0) is 18.2. The third kappa shape index (κ3) is 5.04. The van der Waals surface area contributed by atoms with Crippen molar-refractivity contribution >= 4 is 11.7 Å². The van der Waals surface area contributed by atoms with E-state index in [1.54, 1.807) is 36.9 Å². The van der Waals surface area contributed by atoms with Gasteiger partial charge in [0.2, 0.25) is 0 Å². The number of anilines is 1. The van der Waals surface area contributed by atoms with E-state index in [0.29, 0.717) is 12.3 Å². The van der Waals surface area contributed by atoms with E-state index in [-0.39, 0.29) is 12.1 Å². The number of rotatable bonds is 6. The molecule has 132 valence electrons. The van der Waals surface area contributed by atoms with Crippen molar-refractivity contribution < 1.29 is 9.53 Å². The lowest BCUT2D eigenvalue weighted by Gasteiger charge is -2.15. The van der Waals surface area contributed by atoms with E-state index in [4.69, 9.17) is 4.74 Å². The van der Waals surface area contributed by atoms with E-state index >= 15 is 0 Å². The molecule has 0 radical (unpaired) electrons. The predicted molar refractivity (Wildman–Crippen MR) is 99.8 cm³/mol. The Morgan fingerprint density at radius 2 is 1.81 bits per heavy atom. The smallest absolute Gasteiger partial charge is 0.319 e. The fourth-order valence-corrected chi connectivity index (χ4v) is 2.38. The second-order valence-electron chi connectivity index (χ2n) is 5.78. The van der Waals surface area contributed by atoms with E-state index in [1.165, 1.54) is 0 Å². The topological polar surface area (TPSA) is 76.1 Å². The van der Waals surface area contributed by atoms with Gasteiger partial charge in [-0.2, -0.15) is 0 Å². The summed E-state index contributed by atoms with van der Waals surface area (Å²) in [5.41, 5.74) is 2.69. The molecular formula is C20H20N4O2. The van der Waals surface area contributed by atoms with Crippen LogP contribution in [0.15, 0.2) is 73.3 Å². The third-order valence-corrected chi connectivity index (χ3v) is 3.79. The molecule has 0 aliphatic rings. The number of nitrogens with zero attached hydrogens (tertiary/aromatic N) is 2. The van der Waals surface area contributed by atoms with Crippen molar-refractivity contribution in [2.45, 2.75) is 19.6 Å². The van der Waals surface area contributed by atoms with Gasteiger partial charge in [-0.15, -0.1) is 0 Å². The molecule has 0 saturated carbocycles. The summed E-state index contributed by atoms with van der Waals surface area (Å²) in [5.74, 6) is 0.727. The normalized spacial score (nSPS) is 11.4. The Hall–Kier alpha value is -3.41. The van der Waals surface area contributed by atoms with Gasteiger partial charge in [-0.25, -0.2) is 4.79 Å². The lowest BCUT2D eigenvalue weighted by molar-refractivity contribution is 0.249. The van der Waals surface area contributed by atoms with Gasteiger partial charge in [-0.1, -0.05) is 6.07 Å². The summed E-state index contributed by atoms with van der Waals surface area (Å²) in [4.78, 5) is 20.1. The van der Waals surface area contributed by atoms with E-state index in [2.05, 4.69) is 20.6 Å². The Labute approximate surface area is 152 Å². The van der Waals surface area contributed by atoms with Gasteiger partial charge in [-0.05, 0) is 55.0 Å². The molecule has 0 saturated heterocycles. The number of nitrogens with one attached hydrogen (secondary N) is 2. The Morgan fingerprint density at radius 1 is 1.04 bits per heavy atom. The van der Waals surface area contributed by atoms with Gasteiger partial charge in [0, 0.05) is 36.0 Å². The molecule has 0 aliphatic carbocycles. The van der Waals surface area contributed by atoms with Crippen LogP contribution in [-0.4, -0.2) is 16.0 Å². The van der Waals surface area contributed by atoms with E-state index in [0.717, 1.165) is 16.9 Å². The lowest BCUT2D eigenvalue weighted by atomic mass is 10.1. The van der Waals surface area contributed by atoms with Crippen molar-refractivity contribution in [3.05, 3.63) is 84.4 Å². The largest absolute Gasteiger partial charge is 0.489 e. The Morgan fingerprint density at radius 3 is 2.50 bits per heavy atom. The van der Waals surface area contributed by atoms with Crippen LogP contribution in [0.3, 0.4) is 0 Å². The summed E-state index contributed by atoms with van der Waals surface area (Å²) in [6, 6.07) is 14.4. The molecule has 1 atom stereocenters. The second kappa shape index (κ2) is 8.62. The highest BCUT2D eigenvalue weighted by Gasteiger charge is 2.09. The van der Waals surface area contributed by atoms with Crippen molar-refractivity contribution in [1.29, 1.82) is 0 Å². The average molecular weight is 348 g/mol. The number of hydrogen-bond donors (Lipinski definition) is 2. The quantitative estimate of drug-likeness (QED) is 0.707. The van der Waals surface area contributed by atoms with Crippen molar-refractivity contribution in [1.82, 2.24) is 15.3 Å². The standard InChI is InChI=1S/C20H20N4O2/c1-15(17-8-11-21-12-9-17)23-20(25)24-18-4-6-19(7-5-18)26-14-16-3-2-10-22-13-16/h2-13,15H,14H2,1H3,(H2,23,24,25)/t15-/m1/s1. The zero-order valence-corrected chi connectivity index (χ0v) is 14.4. The van der Waals surface area contributed by atoms with Crippen LogP contribution < -0.4 is 15.4 Å². The van der Waals surface area contributed by atoms with Gasteiger partial charge < -0.3 is 15.4 Å². The van der Waals surface area contributed by atoms with Crippen LogP contribution in [0.25, 0.3) is 0 Å². The summed E-state index contributed by atoms with van der Waals surface area (Å²) in [6.45, 7) is 2.37. The molecule has 6 heteroatoms. The van der Waals surface area contributed by atoms with Gasteiger partial charge in [0.25, 0.3) is 0 Å². The number of amides is 2. The van der Waals surface area contributed by atoms with E-state index < -0.39 is 0 Å². The monoisotopic (exact) mass is 348 g/mol. The molecule has 2 heterocycles. The van der Waals surface area contributed by atoms with Crippen molar-refractivity contribution in [2.75, 3.05) is 5.32 Å². The molecule has 2 aromatic heterocycles. The Kier molecular flexibility index (Phi) is 5.77. The Balaban J connectivity index is 1.50. The first-order valence-electron chi connectivity index (χ1n) is 8.30. The first-order valence-corrected chi connectivity index (χ1v) is 8.30. The minimum Gasteiger partial charge on any atom is -0.489 e. The van der Waals surface area contributed by atoms with Crippen LogP contribution in [-0.2, 0) is 6.61 Å². The third-order valence-electron chi connectivity index (χ3n) is 3.79. The Bertz CT molecular complexity index is 823. The van der Waals surface area contributed by atoms with Gasteiger partial charge >= 0.3 is 6.03 Å². The first kappa shape index (κ1) is 17.4. The molecule has 2 N–H and O–H groups in total. The maximum absolute atomic E-state index is 12.1. The molecule has 0 fully saturated rings. The van der Waals surface area contributed by atoms with Gasteiger partial charge in [-0.3, -0.25) is 9.97 Å². The fraction of sp³-hybridized carbons (Fsp3) is 0.150. The molecule has 0 unspecified atom stereocenters. The van der Waals surface area contributed by atoms with E-state index in [9.17, 15) is 4.79 Å². The van der Waals surface area contributed by atoms with Crippen LogP contribution >= 0.6 is 0 Å². The van der Waals surface area contributed by atoms with Crippen LogP contribution in [0.5, 0.6) is 5.75 Å². The van der Waals surface area contributed by atoms with Crippen LogP contribution in [0.1, 0.15) is 24.1 Å². The number of carbonyl (C=O) groups excluding carboxylic acids is 1. The zero-order valence-electron chi connectivity index (χ0n) is 14.4. The molecule has 3 aromatic rings. The lowest BCUT2D eigenvalue weighted by Crippen LogP contribution is -2.31. The first-order chi connectivity index (χ1) is 12.7. The number of ether oxygens (including phenoxy) is 1. The van der Waals surface area contributed by atoms with Gasteiger partial charge in [0.1, 0.15) is 12.4 Å². The highest BCUT2D eigenvalue weighted by Crippen LogP contribution is 2.17. The molecule has 0 aliphatic heterocycles. The summed E-state index contributed by atoms with van der Waals surface area (Å²) in [7, 11) is 0.